The van der Waals surface area contributed by atoms with Crippen LogP contribution in [-0.4, -0.2) is 36.6 Å². The highest BCUT2D eigenvalue weighted by Crippen LogP contribution is 2.24. The number of hydrogen-bond donors (Lipinski definition) is 1. The smallest absolute Gasteiger partial charge is 0.242 e. The van der Waals surface area contributed by atoms with Gasteiger partial charge in [0.2, 0.25) is 10.0 Å². The summed E-state index contributed by atoms with van der Waals surface area (Å²) in [7, 11) is -0.504. The normalized spacial score (nSPS) is 12.1. The number of nitrogen functional groups attached to an aromatic ring is 1. The average molecular weight is 294 g/mol. The van der Waals surface area contributed by atoms with E-state index in [1.54, 1.807) is 16.8 Å². The first kappa shape index (κ1) is 14.5. The zero-order valence-electron chi connectivity index (χ0n) is 12.0. The molecule has 2 N–H and O–H groups in total. The molecule has 0 aliphatic carbocycles. The molecule has 2 rings (SSSR count). The van der Waals surface area contributed by atoms with Crippen LogP contribution in [0.5, 0.6) is 0 Å². The second kappa shape index (κ2) is 4.92. The first-order valence-electron chi connectivity index (χ1n) is 6.09. The van der Waals surface area contributed by atoms with Gasteiger partial charge in [0.25, 0.3) is 0 Å². The molecular weight excluding hydrogens is 276 g/mol. The van der Waals surface area contributed by atoms with Crippen molar-refractivity contribution in [3.63, 3.8) is 0 Å². The zero-order chi connectivity index (χ0) is 15.1. The third kappa shape index (κ3) is 2.41. The number of anilines is 1. The maximum absolute atomic E-state index is 12.2. The molecular formula is C13H18N4O2S. The molecule has 1 aromatic heterocycles. The van der Waals surface area contributed by atoms with Gasteiger partial charge in [-0.05, 0) is 38.1 Å². The summed E-state index contributed by atoms with van der Waals surface area (Å²) in [5, 5.41) is 4.34. The van der Waals surface area contributed by atoms with E-state index in [1.807, 2.05) is 19.9 Å². The van der Waals surface area contributed by atoms with Crippen molar-refractivity contribution in [2.45, 2.75) is 18.7 Å². The molecule has 6 nitrogen and oxygen atoms in total. The molecule has 1 heterocycles. The summed E-state index contributed by atoms with van der Waals surface area (Å²) >= 11 is 0. The standard InChI is InChI=1S/C13H18N4O2S/c1-9-7-10(2)17(15-9)13-8-11(5-6-12(13)14)20(18,19)16(3)4/h5-8H,14H2,1-4H3. The Bertz CT molecular complexity index is 748. The van der Waals surface area contributed by atoms with Crippen LogP contribution >= 0.6 is 0 Å². The van der Waals surface area contributed by atoms with E-state index < -0.39 is 10.0 Å². The summed E-state index contributed by atoms with van der Waals surface area (Å²) in [6, 6.07) is 6.54. The molecule has 0 radical (unpaired) electrons. The lowest BCUT2D eigenvalue weighted by molar-refractivity contribution is 0.520. The molecule has 1 aromatic carbocycles. The predicted molar refractivity (Wildman–Crippen MR) is 78.3 cm³/mol. The van der Waals surface area contributed by atoms with Crippen molar-refractivity contribution in [1.29, 1.82) is 0 Å². The molecule has 0 aliphatic heterocycles. The van der Waals surface area contributed by atoms with Gasteiger partial charge >= 0.3 is 0 Å². The Morgan fingerprint density at radius 1 is 1.20 bits per heavy atom. The van der Waals surface area contributed by atoms with Gasteiger partial charge in [-0.25, -0.2) is 17.4 Å². The van der Waals surface area contributed by atoms with E-state index in [0.29, 0.717) is 11.4 Å². The van der Waals surface area contributed by atoms with Gasteiger partial charge in [-0.1, -0.05) is 0 Å². The number of hydrogen-bond acceptors (Lipinski definition) is 4. The fraction of sp³-hybridized carbons (Fsp3) is 0.308. The van der Waals surface area contributed by atoms with Crippen molar-refractivity contribution < 1.29 is 8.42 Å². The van der Waals surface area contributed by atoms with E-state index in [-0.39, 0.29) is 4.90 Å². The van der Waals surface area contributed by atoms with Crippen LogP contribution in [0.2, 0.25) is 0 Å². The van der Waals surface area contributed by atoms with Crippen molar-refractivity contribution in [2.24, 2.45) is 0 Å². The Morgan fingerprint density at radius 3 is 2.35 bits per heavy atom. The SMILES string of the molecule is Cc1cc(C)n(-c2cc(S(=O)(=O)N(C)C)ccc2N)n1. The lowest BCUT2D eigenvalue weighted by Gasteiger charge is -2.14. The summed E-state index contributed by atoms with van der Waals surface area (Å²) in [6.07, 6.45) is 0. The molecule has 0 amide bonds. The molecule has 0 fully saturated rings. The van der Waals surface area contributed by atoms with Gasteiger partial charge in [-0.2, -0.15) is 5.10 Å². The number of benzene rings is 1. The van der Waals surface area contributed by atoms with Crippen LogP contribution in [0.4, 0.5) is 5.69 Å². The monoisotopic (exact) mass is 294 g/mol. The van der Waals surface area contributed by atoms with E-state index >= 15 is 0 Å². The Balaban J connectivity index is 2.64. The van der Waals surface area contributed by atoms with E-state index in [2.05, 4.69) is 5.10 Å². The van der Waals surface area contributed by atoms with Gasteiger partial charge in [0.15, 0.2) is 0 Å². The minimum atomic E-state index is -3.49. The number of aromatic nitrogens is 2. The van der Waals surface area contributed by atoms with Crippen LogP contribution in [0, 0.1) is 13.8 Å². The molecule has 0 aliphatic rings. The highest BCUT2D eigenvalue weighted by atomic mass is 32.2. The van der Waals surface area contributed by atoms with Gasteiger partial charge in [0.1, 0.15) is 0 Å². The molecule has 0 spiro atoms. The Hall–Kier alpha value is -1.86. The van der Waals surface area contributed by atoms with Crippen molar-refractivity contribution >= 4 is 15.7 Å². The quantitative estimate of drug-likeness (QED) is 0.866. The van der Waals surface area contributed by atoms with Crippen molar-refractivity contribution in [3.8, 4) is 5.69 Å². The van der Waals surface area contributed by atoms with Crippen molar-refractivity contribution in [2.75, 3.05) is 19.8 Å². The summed E-state index contributed by atoms with van der Waals surface area (Å²) in [5.41, 5.74) is 8.74. The molecule has 0 saturated carbocycles. The summed E-state index contributed by atoms with van der Waals surface area (Å²) in [4.78, 5) is 0.194. The number of nitrogens with two attached hydrogens (primary N) is 1. The van der Waals surface area contributed by atoms with Crippen LogP contribution in [0.3, 0.4) is 0 Å². The lowest BCUT2D eigenvalue weighted by atomic mass is 10.2. The third-order valence-electron chi connectivity index (χ3n) is 3.02. The van der Waals surface area contributed by atoms with Crippen molar-refractivity contribution in [1.82, 2.24) is 14.1 Å². The van der Waals surface area contributed by atoms with Gasteiger partial charge in [0.05, 0.1) is 22.0 Å². The third-order valence-corrected chi connectivity index (χ3v) is 4.83. The molecule has 7 heteroatoms. The highest BCUT2D eigenvalue weighted by Gasteiger charge is 2.19. The summed E-state index contributed by atoms with van der Waals surface area (Å²) in [6.45, 7) is 3.77. The maximum atomic E-state index is 12.2. The number of aryl methyl sites for hydroxylation is 2. The fourth-order valence-corrected chi connectivity index (χ4v) is 2.87. The molecule has 0 bridgehead atoms. The summed E-state index contributed by atoms with van der Waals surface area (Å²) < 4.78 is 27.2. The van der Waals surface area contributed by atoms with Crippen LogP contribution in [-0.2, 0) is 10.0 Å². The van der Waals surface area contributed by atoms with E-state index in [0.717, 1.165) is 11.4 Å². The fourth-order valence-electron chi connectivity index (χ4n) is 1.95. The average Bonchev–Trinajstić information content (AvgIpc) is 2.68. The van der Waals surface area contributed by atoms with Gasteiger partial charge in [0, 0.05) is 19.8 Å². The van der Waals surface area contributed by atoms with Crippen molar-refractivity contribution in [3.05, 3.63) is 35.7 Å². The number of rotatable bonds is 3. The van der Waals surface area contributed by atoms with Crippen LogP contribution in [0.15, 0.2) is 29.2 Å². The zero-order valence-corrected chi connectivity index (χ0v) is 12.8. The predicted octanol–water partition coefficient (Wildman–Crippen LogP) is 1.32. The second-order valence-corrected chi connectivity index (χ2v) is 7.00. The van der Waals surface area contributed by atoms with Gasteiger partial charge in [-0.15, -0.1) is 0 Å². The minimum Gasteiger partial charge on any atom is -0.397 e. The number of sulfonamides is 1. The van der Waals surface area contributed by atoms with E-state index in [4.69, 9.17) is 5.73 Å². The van der Waals surface area contributed by atoms with Crippen LogP contribution in [0.1, 0.15) is 11.4 Å². The molecule has 2 aromatic rings. The van der Waals surface area contributed by atoms with Gasteiger partial charge < -0.3 is 5.73 Å². The maximum Gasteiger partial charge on any atom is 0.242 e. The minimum absolute atomic E-state index is 0.194. The molecule has 0 atom stereocenters. The molecule has 0 unspecified atom stereocenters. The lowest BCUT2D eigenvalue weighted by Crippen LogP contribution is -2.22. The molecule has 20 heavy (non-hydrogen) atoms. The van der Waals surface area contributed by atoms with Crippen LogP contribution in [0.25, 0.3) is 5.69 Å². The first-order chi connectivity index (χ1) is 9.23. The molecule has 0 saturated heterocycles. The number of nitrogens with zero attached hydrogens (tertiary/aromatic N) is 3. The Morgan fingerprint density at radius 2 is 1.85 bits per heavy atom. The van der Waals surface area contributed by atoms with Gasteiger partial charge in [-0.3, -0.25) is 0 Å². The second-order valence-electron chi connectivity index (χ2n) is 4.85. The Labute approximate surface area is 118 Å². The Kier molecular flexibility index (Phi) is 3.58. The first-order valence-corrected chi connectivity index (χ1v) is 7.53. The highest BCUT2D eigenvalue weighted by molar-refractivity contribution is 7.89. The van der Waals surface area contributed by atoms with E-state index in [9.17, 15) is 8.42 Å². The summed E-state index contributed by atoms with van der Waals surface area (Å²) in [5.74, 6) is 0. The largest absolute Gasteiger partial charge is 0.397 e. The van der Waals surface area contributed by atoms with Crippen LogP contribution < -0.4 is 5.73 Å². The van der Waals surface area contributed by atoms with E-state index in [1.165, 1.54) is 24.5 Å². The topological polar surface area (TPSA) is 81.2 Å². The molecule has 108 valence electrons.